The fraction of sp³-hybridized carbons (Fsp3) is 0.286. The highest BCUT2D eigenvalue weighted by Crippen LogP contribution is 2.44. The van der Waals surface area contributed by atoms with Gasteiger partial charge in [0.25, 0.3) is 5.91 Å². The van der Waals surface area contributed by atoms with Gasteiger partial charge in [0.05, 0.1) is 0 Å². The van der Waals surface area contributed by atoms with Crippen molar-refractivity contribution < 1.29 is 24.0 Å². The summed E-state index contributed by atoms with van der Waals surface area (Å²) in [6.07, 6.45) is -0.693. The molecule has 1 heterocycles. The molecule has 8 heteroatoms. The van der Waals surface area contributed by atoms with Gasteiger partial charge in [-0.25, -0.2) is 10.3 Å². The maximum absolute atomic E-state index is 12.2. The second kappa shape index (κ2) is 7.92. The third-order valence-corrected chi connectivity index (χ3v) is 5.13. The molecular formula is C21H21N3O5. The van der Waals surface area contributed by atoms with E-state index in [4.69, 9.17) is 9.57 Å². The summed E-state index contributed by atoms with van der Waals surface area (Å²) >= 11 is 0. The van der Waals surface area contributed by atoms with Gasteiger partial charge in [-0.1, -0.05) is 48.5 Å². The second-order valence-electron chi connectivity index (χ2n) is 7.03. The zero-order valence-electron chi connectivity index (χ0n) is 15.8. The maximum Gasteiger partial charge on any atom is 0.407 e. The third-order valence-electron chi connectivity index (χ3n) is 5.13. The van der Waals surface area contributed by atoms with Crippen LogP contribution in [-0.4, -0.2) is 43.2 Å². The highest BCUT2D eigenvalue weighted by atomic mass is 16.7. The Morgan fingerprint density at radius 1 is 1.14 bits per heavy atom. The third kappa shape index (κ3) is 3.79. The summed E-state index contributed by atoms with van der Waals surface area (Å²) in [5.74, 6) is -0.979. The van der Waals surface area contributed by atoms with E-state index in [2.05, 4.69) is 28.2 Å². The molecule has 3 amide bonds. The van der Waals surface area contributed by atoms with E-state index >= 15 is 0 Å². The topological polar surface area (TPSA) is 106 Å². The van der Waals surface area contributed by atoms with Crippen LogP contribution in [-0.2, 0) is 19.2 Å². The molecule has 4 rings (SSSR count). The molecule has 0 spiro atoms. The second-order valence-corrected chi connectivity index (χ2v) is 7.03. The minimum absolute atomic E-state index is 0.0439. The molecule has 0 unspecified atom stereocenters. The van der Waals surface area contributed by atoms with Crippen molar-refractivity contribution in [3.8, 4) is 11.1 Å². The van der Waals surface area contributed by atoms with Gasteiger partial charge in [0.2, 0.25) is 5.91 Å². The van der Waals surface area contributed by atoms with Gasteiger partial charge in [0.15, 0.2) is 0 Å². The van der Waals surface area contributed by atoms with Gasteiger partial charge in [-0.15, -0.1) is 0 Å². The van der Waals surface area contributed by atoms with Crippen LogP contribution in [0.1, 0.15) is 24.0 Å². The van der Waals surface area contributed by atoms with Crippen LogP contribution in [0.2, 0.25) is 0 Å². The van der Waals surface area contributed by atoms with Crippen molar-refractivity contribution in [2.45, 2.75) is 24.9 Å². The number of hydrogen-bond acceptors (Lipinski definition) is 5. The van der Waals surface area contributed by atoms with Crippen molar-refractivity contribution in [3.63, 3.8) is 0 Å². The molecule has 150 valence electrons. The molecule has 3 N–H and O–H groups in total. The SMILES string of the molecule is C[C@@H](NC(=O)OCC1c2ccccc2-c2ccccc21)C(=O)N[C@@H]1CONC1=O. The lowest BCUT2D eigenvalue weighted by Crippen LogP contribution is -2.50. The van der Waals surface area contributed by atoms with Crippen LogP contribution in [0.5, 0.6) is 0 Å². The summed E-state index contributed by atoms with van der Waals surface area (Å²) in [5.41, 5.74) is 6.66. The first-order valence-corrected chi connectivity index (χ1v) is 9.38. The lowest BCUT2D eigenvalue weighted by molar-refractivity contribution is -0.129. The molecule has 0 aromatic heterocycles. The monoisotopic (exact) mass is 395 g/mol. The molecule has 2 aliphatic rings. The minimum Gasteiger partial charge on any atom is -0.449 e. The van der Waals surface area contributed by atoms with Crippen LogP contribution in [0.3, 0.4) is 0 Å². The first-order valence-electron chi connectivity index (χ1n) is 9.38. The summed E-state index contributed by atoms with van der Waals surface area (Å²) in [6, 6.07) is 14.5. The summed E-state index contributed by atoms with van der Waals surface area (Å²) < 4.78 is 5.42. The van der Waals surface area contributed by atoms with E-state index in [1.54, 1.807) is 0 Å². The van der Waals surface area contributed by atoms with Gasteiger partial charge < -0.3 is 15.4 Å². The number of carbonyl (C=O) groups excluding carboxylic acids is 3. The van der Waals surface area contributed by atoms with E-state index in [1.165, 1.54) is 6.92 Å². The first kappa shape index (κ1) is 18.9. The maximum atomic E-state index is 12.2. The summed E-state index contributed by atoms with van der Waals surface area (Å²) in [7, 11) is 0. The van der Waals surface area contributed by atoms with E-state index in [-0.39, 0.29) is 19.1 Å². The molecule has 1 aliphatic carbocycles. The Morgan fingerprint density at radius 2 is 1.76 bits per heavy atom. The first-order chi connectivity index (χ1) is 14.0. The number of fused-ring (bicyclic) bond motifs is 3. The molecule has 2 aromatic carbocycles. The van der Waals surface area contributed by atoms with Crippen LogP contribution < -0.4 is 16.1 Å². The number of ether oxygens (including phenoxy) is 1. The summed E-state index contributed by atoms with van der Waals surface area (Å²) in [6.45, 7) is 1.72. The van der Waals surface area contributed by atoms with Crippen molar-refractivity contribution >= 4 is 17.9 Å². The van der Waals surface area contributed by atoms with Crippen molar-refractivity contribution in [1.29, 1.82) is 0 Å². The predicted octanol–water partition coefficient (Wildman–Crippen LogP) is 1.46. The Morgan fingerprint density at radius 3 is 2.34 bits per heavy atom. The molecule has 1 fully saturated rings. The van der Waals surface area contributed by atoms with E-state index in [1.807, 2.05) is 36.4 Å². The normalized spacial score (nSPS) is 18.4. The number of rotatable bonds is 5. The van der Waals surface area contributed by atoms with Crippen molar-refractivity contribution in [1.82, 2.24) is 16.1 Å². The van der Waals surface area contributed by atoms with Crippen molar-refractivity contribution in [2.24, 2.45) is 0 Å². The molecule has 1 aliphatic heterocycles. The zero-order chi connectivity index (χ0) is 20.4. The molecule has 2 aromatic rings. The Hall–Kier alpha value is -3.39. The number of hydrogen-bond donors (Lipinski definition) is 3. The van der Waals surface area contributed by atoms with E-state index in [0.29, 0.717) is 0 Å². The fourth-order valence-corrected chi connectivity index (χ4v) is 3.63. The average molecular weight is 395 g/mol. The van der Waals surface area contributed by atoms with Crippen LogP contribution in [0.4, 0.5) is 4.79 Å². The molecule has 0 bridgehead atoms. The van der Waals surface area contributed by atoms with E-state index in [9.17, 15) is 14.4 Å². The number of hydroxylamine groups is 1. The molecular weight excluding hydrogens is 374 g/mol. The average Bonchev–Trinajstić information content (AvgIpc) is 3.27. The number of benzene rings is 2. The van der Waals surface area contributed by atoms with Crippen LogP contribution in [0, 0.1) is 0 Å². The summed E-state index contributed by atoms with van der Waals surface area (Å²) in [5, 5.41) is 5.01. The van der Waals surface area contributed by atoms with Crippen molar-refractivity contribution in [2.75, 3.05) is 13.2 Å². The number of nitrogens with one attached hydrogen (secondary N) is 3. The van der Waals surface area contributed by atoms with E-state index < -0.39 is 30.0 Å². The van der Waals surface area contributed by atoms with Crippen LogP contribution in [0.15, 0.2) is 48.5 Å². The zero-order valence-corrected chi connectivity index (χ0v) is 15.8. The van der Waals surface area contributed by atoms with Gasteiger partial charge in [0.1, 0.15) is 25.3 Å². The van der Waals surface area contributed by atoms with Crippen molar-refractivity contribution in [3.05, 3.63) is 59.7 Å². The van der Waals surface area contributed by atoms with Gasteiger partial charge >= 0.3 is 6.09 Å². The largest absolute Gasteiger partial charge is 0.449 e. The quantitative estimate of drug-likeness (QED) is 0.711. The molecule has 29 heavy (non-hydrogen) atoms. The van der Waals surface area contributed by atoms with Gasteiger partial charge in [-0.05, 0) is 29.2 Å². The van der Waals surface area contributed by atoms with Crippen LogP contribution in [0.25, 0.3) is 11.1 Å². The summed E-state index contributed by atoms with van der Waals surface area (Å²) in [4.78, 5) is 40.6. The van der Waals surface area contributed by atoms with Gasteiger partial charge in [-0.3, -0.25) is 14.4 Å². The van der Waals surface area contributed by atoms with Crippen LogP contribution >= 0.6 is 0 Å². The molecule has 0 radical (unpaired) electrons. The minimum atomic E-state index is -0.862. The Labute approximate surface area is 167 Å². The van der Waals surface area contributed by atoms with Gasteiger partial charge in [-0.2, -0.15) is 0 Å². The lowest BCUT2D eigenvalue weighted by atomic mass is 9.98. The standard InChI is InChI=1S/C21H21N3O5/c1-12(19(25)23-18-11-29-24-20(18)26)22-21(27)28-10-17-15-8-4-2-6-13(15)14-7-3-5-9-16(14)17/h2-9,12,17-18H,10-11H2,1H3,(H,22,27)(H,23,25)(H,24,26)/t12-,18-/m1/s1. The molecule has 1 saturated heterocycles. The Balaban J connectivity index is 1.35. The number of alkyl carbamates (subject to hydrolysis) is 1. The van der Waals surface area contributed by atoms with Gasteiger partial charge in [0, 0.05) is 5.92 Å². The smallest absolute Gasteiger partial charge is 0.407 e. The molecule has 2 atom stereocenters. The predicted molar refractivity (Wildman–Crippen MR) is 104 cm³/mol. The fourth-order valence-electron chi connectivity index (χ4n) is 3.63. The van der Waals surface area contributed by atoms with E-state index in [0.717, 1.165) is 22.3 Å². The highest BCUT2D eigenvalue weighted by Gasteiger charge is 2.31. The Bertz CT molecular complexity index is 915. The molecule has 8 nitrogen and oxygen atoms in total. The number of carbonyl (C=O) groups is 3. The Kier molecular flexibility index (Phi) is 5.18. The molecule has 0 saturated carbocycles. The number of amides is 3. The lowest BCUT2D eigenvalue weighted by Gasteiger charge is -2.18. The highest BCUT2D eigenvalue weighted by molar-refractivity contribution is 5.91.